The molecule has 6 nitrogen and oxygen atoms in total. The second-order valence-electron chi connectivity index (χ2n) is 4.16. The van der Waals surface area contributed by atoms with Crippen LogP contribution in [0.5, 0.6) is 0 Å². The molecule has 1 rings (SSSR count). The van der Waals surface area contributed by atoms with E-state index in [1.54, 1.807) is 0 Å². The maximum Gasteiger partial charge on any atom is 0.337 e. The zero-order chi connectivity index (χ0) is 15.0. The Morgan fingerprint density at radius 2 is 1.80 bits per heavy atom. The van der Waals surface area contributed by atoms with Gasteiger partial charge in [-0.15, -0.1) is 0 Å². The molecule has 0 spiro atoms. The summed E-state index contributed by atoms with van der Waals surface area (Å²) in [6, 6.07) is 5.62. The van der Waals surface area contributed by atoms with E-state index < -0.39 is 16.0 Å². The quantitative estimate of drug-likeness (QED) is 0.547. The van der Waals surface area contributed by atoms with Gasteiger partial charge in [0.15, 0.2) is 0 Å². The number of sulfonamides is 1. The molecule has 0 saturated heterocycles. The molecule has 20 heavy (non-hydrogen) atoms. The van der Waals surface area contributed by atoms with Gasteiger partial charge in [0.2, 0.25) is 10.0 Å². The lowest BCUT2D eigenvalue weighted by atomic mass is 10.2. The molecule has 0 amide bonds. The molecule has 0 aliphatic heterocycles. The Balaban J connectivity index is 2.61. The highest BCUT2D eigenvalue weighted by atomic mass is 32.2. The van der Waals surface area contributed by atoms with Crippen LogP contribution in [0, 0.1) is 0 Å². The van der Waals surface area contributed by atoms with Crippen LogP contribution in [-0.4, -0.2) is 41.1 Å². The smallest absolute Gasteiger partial charge is 0.337 e. The van der Waals surface area contributed by atoms with Gasteiger partial charge in [0.1, 0.15) is 0 Å². The van der Waals surface area contributed by atoms with Crippen molar-refractivity contribution in [1.82, 2.24) is 10.0 Å². The summed E-state index contributed by atoms with van der Waals surface area (Å²) in [5.74, 6) is -0.495. The molecule has 0 saturated carbocycles. The summed E-state index contributed by atoms with van der Waals surface area (Å²) >= 11 is 0. The fourth-order valence-corrected chi connectivity index (χ4v) is 2.58. The minimum atomic E-state index is -3.54. The average molecular weight is 300 g/mol. The highest BCUT2D eigenvalue weighted by Crippen LogP contribution is 2.10. The van der Waals surface area contributed by atoms with Crippen LogP contribution < -0.4 is 10.0 Å². The predicted octanol–water partition coefficient (Wildman–Crippen LogP) is 0.751. The molecule has 1 aromatic rings. The number of carbonyl (C=O) groups is 1. The second kappa shape index (κ2) is 7.98. The predicted molar refractivity (Wildman–Crippen MR) is 76.1 cm³/mol. The normalized spacial score (nSPS) is 11.3. The number of ether oxygens (including phenoxy) is 1. The van der Waals surface area contributed by atoms with E-state index >= 15 is 0 Å². The Morgan fingerprint density at radius 1 is 1.15 bits per heavy atom. The van der Waals surface area contributed by atoms with E-state index in [9.17, 15) is 13.2 Å². The molecule has 0 fully saturated rings. The number of hydrogen-bond acceptors (Lipinski definition) is 5. The highest BCUT2D eigenvalue weighted by Gasteiger charge is 2.14. The lowest BCUT2D eigenvalue weighted by Crippen LogP contribution is -2.32. The van der Waals surface area contributed by atoms with Crippen molar-refractivity contribution in [3.05, 3.63) is 29.8 Å². The fourth-order valence-electron chi connectivity index (χ4n) is 1.55. The van der Waals surface area contributed by atoms with Crippen molar-refractivity contribution in [3.8, 4) is 0 Å². The first-order valence-electron chi connectivity index (χ1n) is 6.40. The summed E-state index contributed by atoms with van der Waals surface area (Å²) in [6.45, 7) is 3.80. The van der Waals surface area contributed by atoms with Gasteiger partial charge in [-0.25, -0.2) is 17.9 Å². The molecular formula is C13H20N2O4S. The van der Waals surface area contributed by atoms with Gasteiger partial charge < -0.3 is 10.1 Å². The van der Waals surface area contributed by atoms with Crippen LogP contribution in [0.2, 0.25) is 0 Å². The number of nitrogens with one attached hydrogen (secondary N) is 2. The molecule has 0 aliphatic rings. The number of methoxy groups -OCH3 is 1. The minimum absolute atomic E-state index is 0.126. The van der Waals surface area contributed by atoms with Crippen LogP contribution in [-0.2, 0) is 14.8 Å². The number of benzene rings is 1. The Hall–Kier alpha value is -1.44. The third kappa shape index (κ3) is 4.92. The largest absolute Gasteiger partial charge is 0.465 e. The van der Waals surface area contributed by atoms with Crippen molar-refractivity contribution in [2.75, 3.05) is 26.7 Å². The van der Waals surface area contributed by atoms with E-state index in [-0.39, 0.29) is 4.90 Å². The summed E-state index contributed by atoms with van der Waals surface area (Å²) in [6.07, 6.45) is 1.00. The van der Waals surface area contributed by atoms with E-state index in [0.717, 1.165) is 13.0 Å². The molecule has 112 valence electrons. The molecule has 0 unspecified atom stereocenters. The van der Waals surface area contributed by atoms with Gasteiger partial charge in [-0.05, 0) is 37.2 Å². The van der Waals surface area contributed by atoms with Crippen molar-refractivity contribution in [2.24, 2.45) is 0 Å². The van der Waals surface area contributed by atoms with Gasteiger partial charge >= 0.3 is 5.97 Å². The van der Waals surface area contributed by atoms with Crippen molar-refractivity contribution in [3.63, 3.8) is 0 Å². The maximum atomic E-state index is 12.0. The standard InChI is InChI=1S/C13H20N2O4S/c1-3-8-14-9-10-15-20(17,18)12-6-4-11(5-7-12)13(16)19-2/h4-7,14-15H,3,8-10H2,1-2H3. The van der Waals surface area contributed by atoms with Crippen molar-refractivity contribution in [2.45, 2.75) is 18.2 Å². The third-order valence-corrected chi connectivity index (χ3v) is 4.08. The monoisotopic (exact) mass is 300 g/mol. The summed E-state index contributed by atoms with van der Waals surface area (Å²) in [5.41, 5.74) is 0.316. The number of carbonyl (C=O) groups excluding carboxylic acids is 1. The Labute approximate surface area is 119 Å². The second-order valence-corrected chi connectivity index (χ2v) is 5.93. The molecule has 0 aromatic heterocycles. The van der Waals surface area contributed by atoms with Crippen LogP contribution >= 0.6 is 0 Å². The van der Waals surface area contributed by atoms with E-state index in [0.29, 0.717) is 18.7 Å². The molecule has 0 radical (unpaired) electrons. The summed E-state index contributed by atoms with van der Waals surface area (Å²) < 4.78 is 31.0. The van der Waals surface area contributed by atoms with Crippen LogP contribution in [0.4, 0.5) is 0 Å². The number of esters is 1. The zero-order valence-corrected chi connectivity index (χ0v) is 12.5. The SMILES string of the molecule is CCCNCCNS(=O)(=O)c1ccc(C(=O)OC)cc1. The Morgan fingerprint density at radius 3 is 2.35 bits per heavy atom. The van der Waals surface area contributed by atoms with Crippen molar-refractivity contribution < 1.29 is 17.9 Å². The summed E-state index contributed by atoms with van der Waals surface area (Å²) in [4.78, 5) is 11.4. The zero-order valence-electron chi connectivity index (χ0n) is 11.7. The first-order chi connectivity index (χ1) is 9.51. The molecule has 0 heterocycles. The van der Waals surface area contributed by atoms with Gasteiger partial charge in [0.05, 0.1) is 17.6 Å². The van der Waals surface area contributed by atoms with E-state index in [4.69, 9.17) is 0 Å². The van der Waals surface area contributed by atoms with Crippen molar-refractivity contribution in [1.29, 1.82) is 0 Å². The van der Waals surface area contributed by atoms with Gasteiger partial charge in [-0.3, -0.25) is 0 Å². The lowest BCUT2D eigenvalue weighted by molar-refractivity contribution is 0.0600. The molecule has 1 aromatic carbocycles. The molecule has 2 N–H and O–H groups in total. The first-order valence-corrected chi connectivity index (χ1v) is 7.88. The maximum absolute atomic E-state index is 12.0. The number of rotatable bonds is 8. The lowest BCUT2D eigenvalue weighted by Gasteiger charge is -2.08. The van der Waals surface area contributed by atoms with Crippen LogP contribution in [0.3, 0.4) is 0 Å². The summed E-state index contributed by atoms with van der Waals surface area (Å²) in [5, 5.41) is 3.10. The van der Waals surface area contributed by atoms with E-state index in [1.807, 2.05) is 6.92 Å². The van der Waals surface area contributed by atoms with Gasteiger partial charge in [0.25, 0.3) is 0 Å². The highest BCUT2D eigenvalue weighted by molar-refractivity contribution is 7.89. The van der Waals surface area contributed by atoms with Gasteiger partial charge in [-0.2, -0.15) is 0 Å². The van der Waals surface area contributed by atoms with Crippen molar-refractivity contribution >= 4 is 16.0 Å². The Bertz CT molecular complexity index is 526. The average Bonchev–Trinajstić information content (AvgIpc) is 2.46. The molecule has 0 bridgehead atoms. The van der Waals surface area contributed by atoms with Crippen LogP contribution in [0.1, 0.15) is 23.7 Å². The van der Waals surface area contributed by atoms with E-state index in [2.05, 4.69) is 14.8 Å². The number of hydrogen-bond donors (Lipinski definition) is 2. The van der Waals surface area contributed by atoms with Gasteiger partial charge in [-0.1, -0.05) is 6.92 Å². The van der Waals surface area contributed by atoms with E-state index in [1.165, 1.54) is 31.4 Å². The van der Waals surface area contributed by atoms with Crippen LogP contribution in [0.15, 0.2) is 29.2 Å². The topological polar surface area (TPSA) is 84.5 Å². The van der Waals surface area contributed by atoms with Gasteiger partial charge in [0, 0.05) is 13.1 Å². The molecule has 0 atom stereocenters. The van der Waals surface area contributed by atoms with Crippen LogP contribution in [0.25, 0.3) is 0 Å². The Kier molecular flexibility index (Phi) is 6.63. The first kappa shape index (κ1) is 16.6. The fraction of sp³-hybridized carbons (Fsp3) is 0.462. The summed E-state index contributed by atoms with van der Waals surface area (Å²) in [7, 11) is -2.26. The molecule has 7 heteroatoms. The minimum Gasteiger partial charge on any atom is -0.465 e. The molecular weight excluding hydrogens is 280 g/mol. The third-order valence-electron chi connectivity index (χ3n) is 2.61. The molecule has 0 aliphatic carbocycles.